The highest BCUT2D eigenvalue weighted by Gasteiger charge is 2.38. The van der Waals surface area contributed by atoms with Gasteiger partial charge >= 0.3 is 5.97 Å². The molecule has 7 heteroatoms. The van der Waals surface area contributed by atoms with Gasteiger partial charge in [-0.05, 0) is 18.6 Å². The van der Waals surface area contributed by atoms with Crippen LogP contribution in [0.15, 0.2) is 29.2 Å². The van der Waals surface area contributed by atoms with Crippen molar-refractivity contribution in [3.63, 3.8) is 0 Å². The molecule has 2 unspecified atom stereocenters. The van der Waals surface area contributed by atoms with Gasteiger partial charge < -0.3 is 15.1 Å². The Bertz CT molecular complexity index is 628. The number of carbonyl (C=O) groups is 1. The smallest absolute Gasteiger partial charge is 0.326 e. The second kappa shape index (κ2) is 6.03. The minimum Gasteiger partial charge on any atom is -0.480 e. The predicted octanol–water partition coefficient (Wildman–Crippen LogP) is 0.895. The van der Waals surface area contributed by atoms with Gasteiger partial charge in [0.15, 0.2) is 9.84 Å². The minimum atomic E-state index is -3.46. The molecule has 0 radical (unpaired) electrons. The average molecular weight is 313 g/mol. The molecule has 1 aliphatic rings. The first kappa shape index (κ1) is 15.8. The van der Waals surface area contributed by atoms with E-state index in [-0.39, 0.29) is 23.6 Å². The Kier molecular flexibility index (Phi) is 4.53. The highest BCUT2D eigenvalue weighted by atomic mass is 32.2. The lowest BCUT2D eigenvalue weighted by Crippen LogP contribution is -2.36. The summed E-state index contributed by atoms with van der Waals surface area (Å²) in [4.78, 5) is 12.9. The SMILES string of the molecule is CCCS(=O)(=O)c1ccccc1N1CC(O)CC1C(=O)O. The molecule has 2 N–H and O–H groups in total. The maximum absolute atomic E-state index is 12.3. The van der Waals surface area contributed by atoms with Crippen LogP contribution in [-0.4, -0.2) is 49.0 Å². The number of benzene rings is 1. The molecule has 0 aliphatic carbocycles. The summed E-state index contributed by atoms with van der Waals surface area (Å²) in [5.74, 6) is -1.05. The van der Waals surface area contributed by atoms with Gasteiger partial charge in [-0.3, -0.25) is 0 Å². The molecule has 1 aromatic carbocycles. The summed E-state index contributed by atoms with van der Waals surface area (Å²) < 4.78 is 24.7. The van der Waals surface area contributed by atoms with E-state index in [9.17, 15) is 23.4 Å². The number of aliphatic carboxylic acids is 1. The number of aliphatic hydroxyl groups is 1. The van der Waals surface area contributed by atoms with E-state index in [1.165, 1.54) is 11.0 Å². The Morgan fingerprint density at radius 1 is 1.38 bits per heavy atom. The van der Waals surface area contributed by atoms with Crippen LogP contribution in [0.2, 0.25) is 0 Å². The number of hydrogen-bond acceptors (Lipinski definition) is 5. The number of aliphatic hydroxyl groups excluding tert-OH is 1. The standard InChI is InChI=1S/C14H19NO5S/c1-2-7-21(19,20)13-6-4-3-5-11(13)15-9-10(16)8-12(15)14(17)18/h3-6,10,12,16H,2,7-9H2,1H3,(H,17,18). The molecular weight excluding hydrogens is 294 g/mol. The minimum absolute atomic E-state index is 0.0120. The van der Waals surface area contributed by atoms with Crippen molar-refractivity contribution in [1.29, 1.82) is 0 Å². The number of β-amino-alcohol motifs (C(OH)–C–C–N with tert-alkyl or cyclic N) is 1. The number of carboxylic acid groups (broad SMARTS) is 1. The Morgan fingerprint density at radius 3 is 2.67 bits per heavy atom. The van der Waals surface area contributed by atoms with E-state index >= 15 is 0 Å². The summed E-state index contributed by atoms with van der Waals surface area (Å²) >= 11 is 0. The lowest BCUT2D eigenvalue weighted by molar-refractivity contribution is -0.138. The first-order chi connectivity index (χ1) is 9.86. The molecule has 1 aliphatic heterocycles. The first-order valence-corrected chi connectivity index (χ1v) is 8.51. The van der Waals surface area contributed by atoms with Crippen LogP contribution in [0.1, 0.15) is 19.8 Å². The second-order valence-electron chi connectivity index (χ2n) is 5.18. The fourth-order valence-corrected chi connectivity index (χ4v) is 4.20. The largest absolute Gasteiger partial charge is 0.480 e. The van der Waals surface area contributed by atoms with Gasteiger partial charge in [0, 0.05) is 13.0 Å². The van der Waals surface area contributed by atoms with E-state index < -0.39 is 28.0 Å². The van der Waals surface area contributed by atoms with Crippen molar-refractivity contribution >= 4 is 21.5 Å². The molecule has 2 rings (SSSR count). The Balaban J connectivity index is 2.47. The van der Waals surface area contributed by atoms with Gasteiger partial charge in [0.25, 0.3) is 0 Å². The molecule has 1 aromatic rings. The zero-order valence-corrected chi connectivity index (χ0v) is 12.6. The van der Waals surface area contributed by atoms with E-state index in [2.05, 4.69) is 0 Å². The Morgan fingerprint density at radius 2 is 2.05 bits per heavy atom. The summed E-state index contributed by atoms with van der Waals surface area (Å²) in [5.41, 5.74) is 0.356. The summed E-state index contributed by atoms with van der Waals surface area (Å²) in [7, 11) is -3.46. The van der Waals surface area contributed by atoms with Gasteiger partial charge in [0.1, 0.15) is 6.04 Å². The number of anilines is 1. The van der Waals surface area contributed by atoms with E-state index in [1.807, 2.05) is 0 Å². The van der Waals surface area contributed by atoms with Crippen molar-refractivity contribution in [2.75, 3.05) is 17.2 Å². The maximum Gasteiger partial charge on any atom is 0.326 e. The van der Waals surface area contributed by atoms with E-state index in [0.717, 1.165) is 0 Å². The van der Waals surface area contributed by atoms with Crippen LogP contribution in [0, 0.1) is 0 Å². The number of hydrogen-bond donors (Lipinski definition) is 2. The van der Waals surface area contributed by atoms with E-state index in [4.69, 9.17) is 0 Å². The van der Waals surface area contributed by atoms with E-state index in [1.54, 1.807) is 25.1 Å². The zero-order valence-electron chi connectivity index (χ0n) is 11.8. The van der Waals surface area contributed by atoms with Gasteiger partial charge in [-0.25, -0.2) is 13.2 Å². The Hall–Kier alpha value is -1.60. The molecule has 2 atom stereocenters. The predicted molar refractivity (Wildman–Crippen MR) is 78.2 cm³/mol. The van der Waals surface area contributed by atoms with Crippen LogP contribution in [0.4, 0.5) is 5.69 Å². The van der Waals surface area contributed by atoms with Crippen molar-refractivity contribution in [2.45, 2.75) is 36.8 Å². The maximum atomic E-state index is 12.3. The lowest BCUT2D eigenvalue weighted by atomic mass is 10.2. The molecule has 0 aromatic heterocycles. The molecular formula is C14H19NO5S. The lowest BCUT2D eigenvalue weighted by Gasteiger charge is -2.25. The molecule has 0 amide bonds. The van der Waals surface area contributed by atoms with Gasteiger partial charge in [-0.2, -0.15) is 0 Å². The Labute approximate surface area is 123 Å². The summed E-state index contributed by atoms with van der Waals surface area (Å²) in [6, 6.07) is 5.47. The average Bonchev–Trinajstić information content (AvgIpc) is 2.81. The third kappa shape index (κ3) is 3.19. The highest BCUT2D eigenvalue weighted by Crippen LogP contribution is 2.32. The molecule has 0 bridgehead atoms. The highest BCUT2D eigenvalue weighted by molar-refractivity contribution is 7.91. The topological polar surface area (TPSA) is 94.9 Å². The van der Waals surface area contributed by atoms with Crippen molar-refractivity contribution in [3.05, 3.63) is 24.3 Å². The molecule has 6 nitrogen and oxygen atoms in total. The summed E-state index contributed by atoms with van der Waals surface area (Å²) in [6.07, 6.45) is -0.188. The molecule has 21 heavy (non-hydrogen) atoms. The van der Waals surface area contributed by atoms with Crippen molar-refractivity contribution in [2.24, 2.45) is 0 Å². The molecule has 1 fully saturated rings. The van der Waals surface area contributed by atoms with Gasteiger partial charge in [0.2, 0.25) is 0 Å². The molecule has 116 valence electrons. The number of sulfone groups is 1. The fraction of sp³-hybridized carbons (Fsp3) is 0.500. The van der Waals surface area contributed by atoms with Crippen LogP contribution >= 0.6 is 0 Å². The zero-order chi connectivity index (χ0) is 15.6. The van der Waals surface area contributed by atoms with Crippen LogP contribution in [0.3, 0.4) is 0 Å². The number of para-hydroxylation sites is 1. The molecule has 1 saturated heterocycles. The van der Waals surface area contributed by atoms with Gasteiger partial charge in [-0.15, -0.1) is 0 Å². The molecule has 0 saturated carbocycles. The summed E-state index contributed by atoms with van der Waals surface area (Å²) in [5, 5.41) is 19.0. The fourth-order valence-electron chi connectivity index (χ4n) is 2.65. The number of rotatable bonds is 5. The third-order valence-electron chi connectivity index (χ3n) is 3.55. The monoisotopic (exact) mass is 313 g/mol. The van der Waals surface area contributed by atoms with Crippen LogP contribution in [-0.2, 0) is 14.6 Å². The first-order valence-electron chi connectivity index (χ1n) is 6.86. The van der Waals surface area contributed by atoms with Crippen molar-refractivity contribution < 1.29 is 23.4 Å². The molecule has 1 heterocycles. The van der Waals surface area contributed by atoms with Crippen LogP contribution in [0.5, 0.6) is 0 Å². The normalized spacial score (nSPS) is 22.5. The van der Waals surface area contributed by atoms with Crippen molar-refractivity contribution in [1.82, 2.24) is 0 Å². The summed E-state index contributed by atoms with van der Waals surface area (Å²) in [6.45, 7) is 1.90. The second-order valence-corrected chi connectivity index (χ2v) is 7.26. The number of carboxylic acids is 1. The van der Waals surface area contributed by atoms with Crippen molar-refractivity contribution in [3.8, 4) is 0 Å². The number of nitrogens with zero attached hydrogens (tertiary/aromatic N) is 1. The third-order valence-corrected chi connectivity index (χ3v) is 5.51. The van der Waals surface area contributed by atoms with Crippen LogP contribution < -0.4 is 4.90 Å². The van der Waals surface area contributed by atoms with E-state index in [0.29, 0.717) is 12.1 Å². The molecule has 0 spiro atoms. The van der Waals surface area contributed by atoms with Gasteiger partial charge in [-0.1, -0.05) is 19.1 Å². The van der Waals surface area contributed by atoms with Crippen LogP contribution in [0.25, 0.3) is 0 Å². The van der Waals surface area contributed by atoms with Gasteiger partial charge in [0.05, 0.1) is 22.4 Å². The quantitative estimate of drug-likeness (QED) is 0.838.